The number of hydrogen-bond acceptors (Lipinski definition) is 3. The number of carbonyl (C=O) groups is 2. The van der Waals surface area contributed by atoms with E-state index in [0.717, 1.165) is 12.8 Å². The fraction of sp³-hybridized carbons (Fsp3) is 0.429. The van der Waals surface area contributed by atoms with Crippen LogP contribution in [0.1, 0.15) is 36.0 Å². The molecule has 1 aromatic carbocycles. The van der Waals surface area contributed by atoms with Gasteiger partial charge in [0.2, 0.25) is 0 Å². The third-order valence-electron chi connectivity index (χ3n) is 3.88. The molecule has 0 radical (unpaired) electrons. The van der Waals surface area contributed by atoms with E-state index in [1.54, 1.807) is 12.1 Å². The monoisotopic (exact) mass is 296 g/mol. The van der Waals surface area contributed by atoms with Gasteiger partial charge in [0.1, 0.15) is 0 Å². The number of halogens is 1. The third-order valence-corrected chi connectivity index (χ3v) is 4.11. The number of aliphatic carboxylic acids is 1. The summed E-state index contributed by atoms with van der Waals surface area (Å²) < 4.78 is 0. The summed E-state index contributed by atoms with van der Waals surface area (Å²) in [5, 5.41) is 12.9. The molecule has 1 aromatic rings. The summed E-state index contributed by atoms with van der Waals surface area (Å²) in [6.45, 7) is 0.267. The van der Waals surface area contributed by atoms with E-state index in [2.05, 4.69) is 5.32 Å². The van der Waals surface area contributed by atoms with E-state index < -0.39 is 17.3 Å². The minimum atomic E-state index is -0.801. The topological polar surface area (TPSA) is 92.4 Å². The van der Waals surface area contributed by atoms with E-state index >= 15 is 0 Å². The molecular weight excluding hydrogens is 280 g/mol. The largest absolute Gasteiger partial charge is 0.481 e. The van der Waals surface area contributed by atoms with Crippen LogP contribution in [0, 0.1) is 5.41 Å². The standard InChI is InChI=1S/C14H17ClN2O3/c15-9-3-4-10(12(16)18)11(7-9)17-8-14(13(19)20)5-1-2-6-14/h3-4,7,17H,1-2,5-6,8H2,(H2,16,18)(H,19,20). The van der Waals surface area contributed by atoms with Crippen LogP contribution in [0.3, 0.4) is 0 Å². The molecular formula is C14H17ClN2O3. The highest BCUT2D eigenvalue weighted by atomic mass is 35.5. The molecule has 108 valence electrons. The second-order valence-electron chi connectivity index (χ2n) is 5.20. The summed E-state index contributed by atoms with van der Waals surface area (Å²) in [5.41, 5.74) is 5.33. The van der Waals surface area contributed by atoms with Gasteiger partial charge in [-0.15, -0.1) is 0 Å². The van der Waals surface area contributed by atoms with Gasteiger partial charge in [-0.3, -0.25) is 9.59 Å². The van der Waals surface area contributed by atoms with E-state index in [9.17, 15) is 14.7 Å². The first-order valence-electron chi connectivity index (χ1n) is 6.51. The van der Waals surface area contributed by atoms with Gasteiger partial charge in [0, 0.05) is 17.3 Å². The minimum Gasteiger partial charge on any atom is -0.481 e. The highest BCUT2D eigenvalue weighted by molar-refractivity contribution is 6.31. The number of benzene rings is 1. The molecule has 0 aliphatic heterocycles. The predicted molar refractivity (Wildman–Crippen MR) is 77.0 cm³/mol. The average Bonchev–Trinajstić information content (AvgIpc) is 2.86. The molecule has 6 heteroatoms. The van der Waals surface area contributed by atoms with E-state index in [4.69, 9.17) is 17.3 Å². The van der Waals surface area contributed by atoms with Crippen molar-refractivity contribution >= 4 is 29.2 Å². The maximum absolute atomic E-state index is 11.5. The number of rotatable bonds is 5. The van der Waals surface area contributed by atoms with Crippen LogP contribution < -0.4 is 11.1 Å². The van der Waals surface area contributed by atoms with E-state index in [0.29, 0.717) is 29.1 Å². The Bertz CT molecular complexity index is 539. The molecule has 20 heavy (non-hydrogen) atoms. The minimum absolute atomic E-state index is 0.267. The SMILES string of the molecule is NC(=O)c1ccc(Cl)cc1NCC1(C(=O)O)CCCC1. The maximum Gasteiger partial charge on any atom is 0.311 e. The van der Waals surface area contributed by atoms with Gasteiger partial charge in [0.25, 0.3) is 5.91 Å². The van der Waals surface area contributed by atoms with Crippen molar-refractivity contribution in [3.8, 4) is 0 Å². The van der Waals surface area contributed by atoms with Crippen molar-refractivity contribution in [3.63, 3.8) is 0 Å². The zero-order chi connectivity index (χ0) is 14.8. The molecule has 0 saturated heterocycles. The Morgan fingerprint density at radius 2 is 2.00 bits per heavy atom. The number of carboxylic acids is 1. The summed E-state index contributed by atoms with van der Waals surface area (Å²) in [4.78, 5) is 22.8. The van der Waals surface area contributed by atoms with Gasteiger partial charge in [-0.1, -0.05) is 24.4 Å². The quantitative estimate of drug-likeness (QED) is 0.778. The summed E-state index contributed by atoms with van der Waals surface area (Å²) in [6.07, 6.45) is 3.10. The van der Waals surface area contributed by atoms with Crippen LogP contribution in [-0.2, 0) is 4.79 Å². The van der Waals surface area contributed by atoms with Gasteiger partial charge in [0.05, 0.1) is 11.0 Å². The van der Waals surface area contributed by atoms with Gasteiger partial charge >= 0.3 is 5.97 Å². The molecule has 0 unspecified atom stereocenters. The average molecular weight is 297 g/mol. The number of hydrogen-bond donors (Lipinski definition) is 3. The number of amides is 1. The van der Waals surface area contributed by atoms with E-state index in [1.807, 2.05) is 0 Å². The lowest BCUT2D eigenvalue weighted by Crippen LogP contribution is -2.35. The lowest BCUT2D eigenvalue weighted by molar-refractivity contribution is -0.147. The Kier molecular flexibility index (Phi) is 4.18. The molecule has 0 aromatic heterocycles. The number of anilines is 1. The maximum atomic E-state index is 11.5. The molecule has 1 saturated carbocycles. The number of nitrogens with one attached hydrogen (secondary N) is 1. The van der Waals surface area contributed by atoms with Crippen LogP contribution in [-0.4, -0.2) is 23.5 Å². The smallest absolute Gasteiger partial charge is 0.311 e. The van der Waals surface area contributed by atoms with Crippen molar-refractivity contribution in [2.75, 3.05) is 11.9 Å². The fourth-order valence-corrected chi connectivity index (χ4v) is 2.83. The zero-order valence-corrected chi connectivity index (χ0v) is 11.7. The van der Waals surface area contributed by atoms with E-state index in [1.165, 1.54) is 6.07 Å². The second-order valence-corrected chi connectivity index (χ2v) is 5.64. The molecule has 5 nitrogen and oxygen atoms in total. The first-order chi connectivity index (χ1) is 9.44. The summed E-state index contributed by atoms with van der Waals surface area (Å²) >= 11 is 5.91. The zero-order valence-electron chi connectivity index (χ0n) is 11.0. The fourth-order valence-electron chi connectivity index (χ4n) is 2.66. The number of primary amides is 1. The van der Waals surface area contributed by atoms with Gasteiger partial charge < -0.3 is 16.2 Å². The molecule has 1 amide bonds. The molecule has 1 aliphatic carbocycles. The summed E-state index contributed by atoms with van der Waals surface area (Å²) in [7, 11) is 0. The highest BCUT2D eigenvalue weighted by Gasteiger charge is 2.41. The van der Waals surface area contributed by atoms with Crippen molar-refractivity contribution in [1.29, 1.82) is 0 Å². The Labute approximate surface area is 122 Å². The molecule has 0 atom stereocenters. The van der Waals surface area contributed by atoms with Crippen molar-refractivity contribution in [3.05, 3.63) is 28.8 Å². The van der Waals surface area contributed by atoms with Crippen molar-refractivity contribution in [2.45, 2.75) is 25.7 Å². The van der Waals surface area contributed by atoms with Crippen LogP contribution in [0.4, 0.5) is 5.69 Å². The van der Waals surface area contributed by atoms with Crippen LogP contribution in [0.25, 0.3) is 0 Å². The normalized spacial score (nSPS) is 16.9. The van der Waals surface area contributed by atoms with Crippen LogP contribution in [0.2, 0.25) is 5.02 Å². The van der Waals surface area contributed by atoms with Gasteiger partial charge in [-0.25, -0.2) is 0 Å². The van der Waals surface area contributed by atoms with Gasteiger partial charge in [0.15, 0.2) is 0 Å². The van der Waals surface area contributed by atoms with Crippen LogP contribution in [0.15, 0.2) is 18.2 Å². The molecule has 1 fully saturated rings. The number of nitrogens with two attached hydrogens (primary N) is 1. The lowest BCUT2D eigenvalue weighted by Gasteiger charge is -2.25. The molecule has 1 aliphatic rings. The molecule has 4 N–H and O–H groups in total. The molecule has 2 rings (SSSR count). The molecule has 0 bridgehead atoms. The van der Waals surface area contributed by atoms with Crippen molar-refractivity contribution in [1.82, 2.24) is 0 Å². The van der Waals surface area contributed by atoms with Crippen molar-refractivity contribution < 1.29 is 14.7 Å². The predicted octanol–water partition coefficient (Wildman–Crippen LogP) is 2.50. The number of carbonyl (C=O) groups excluding carboxylic acids is 1. The highest BCUT2D eigenvalue weighted by Crippen LogP contribution is 2.38. The Morgan fingerprint density at radius 1 is 1.35 bits per heavy atom. The van der Waals surface area contributed by atoms with Crippen LogP contribution in [0.5, 0.6) is 0 Å². The molecule has 0 heterocycles. The first kappa shape index (κ1) is 14.7. The third kappa shape index (κ3) is 2.88. The lowest BCUT2D eigenvalue weighted by atomic mass is 9.86. The first-order valence-corrected chi connectivity index (χ1v) is 6.89. The summed E-state index contributed by atoms with van der Waals surface area (Å²) in [6, 6.07) is 4.70. The number of carboxylic acid groups (broad SMARTS) is 1. The second kappa shape index (κ2) is 5.71. The van der Waals surface area contributed by atoms with Crippen LogP contribution >= 0.6 is 11.6 Å². The van der Waals surface area contributed by atoms with Gasteiger partial charge in [-0.05, 0) is 31.0 Å². The molecule has 0 spiro atoms. The van der Waals surface area contributed by atoms with Gasteiger partial charge in [-0.2, -0.15) is 0 Å². The summed E-state index contributed by atoms with van der Waals surface area (Å²) in [5.74, 6) is -1.37. The Balaban J connectivity index is 2.20. The Morgan fingerprint density at radius 3 is 2.55 bits per heavy atom. The van der Waals surface area contributed by atoms with E-state index in [-0.39, 0.29) is 6.54 Å². The Hall–Kier alpha value is -1.75. The van der Waals surface area contributed by atoms with Crippen molar-refractivity contribution in [2.24, 2.45) is 11.1 Å².